The normalized spacial score (nSPS) is 18.0. The number of ketones is 1. The quantitative estimate of drug-likeness (QED) is 0.540. The van der Waals surface area contributed by atoms with E-state index in [9.17, 15) is 4.79 Å². The molecule has 0 aromatic rings. The molecule has 1 rings (SSSR count). The van der Waals surface area contributed by atoms with Crippen molar-refractivity contribution in [3.63, 3.8) is 0 Å². The van der Waals surface area contributed by atoms with Gasteiger partial charge in [-0.1, -0.05) is 38.2 Å². The minimum absolute atomic E-state index is 0.167. The first-order chi connectivity index (χ1) is 5.44. The van der Waals surface area contributed by atoms with Gasteiger partial charge in [-0.25, -0.2) is 0 Å². The van der Waals surface area contributed by atoms with Crippen molar-refractivity contribution >= 4 is 5.78 Å². The highest BCUT2D eigenvalue weighted by atomic mass is 16.1. The van der Waals surface area contributed by atoms with Crippen LogP contribution in [0.4, 0.5) is 0 Å². The Morgan fingerprint density at radius 3 is 1.92 bits per heavy atom. The Bertz CT molecular complexity index is 193. The highest BCUT2D eigenvalue weighted by molar-refractivity contribution is 5.72. The molecule has 0 fully saturated rings. The van der Waals surface area contributed by atoms with E-state index < -0.39 is 0 Å². The molecule has 68 valence electrons. The van der Waals surface area contributed by atoms with Crippen molar-refractivity contribution < 1.29 is 4.79 Å². The van der Waals surface area contributed by atoms with Gasteiger partial charge in [0.15, 0.2) is 0 Å². The molecule has 0 N–H and O–H groups in total. The number of Topliss-reactive ketones (excluding diaryl/α,β-unsaturated/α-hetero) is 1. The van der Waals surface area contributed by atoms with Crippen molar-refractivity contribution in [2.45, 2.75) is 34.1 Å². The van der Waals surface area contributed by atoms with Crippen LogP contribution in [0.1, 0.15) is 34.1 Å². The van der Waals surface area contributed by atoms with Gasteiger partial charge in [0.25, 0.3) is 0 Å². The summed E-state index contributed by atoms with van der Waals surface area (Å²) in [6.45, 7) is 7.54. The lowest BCUT2D eigenvalue weighted by molar-refractivity contribution is -0.114. The maximum atomic E-state index is 9.44. The highest BCUT2D eigenvalue weighted by Gasteiger charge is 2.11. The maximum absolute atomic E-state index is 9.44. The Morgan fingerprint density at radius 2 is 1.75 bits per heavy atom. The molecule has 0 radical (unpaired) electrons. The summed E-state index contributed by atoms with van der Waals surface area (Å²) in [5.41, 5.74) is 0.411. The second-order valence-corrected chi connectivity index (χ2v) is 3.89. The van der Waals surface area contributed by atoms with Crippen LogP contribution in [0, 0.1) is 5.41 Å². The van der Waals surface area contributed by atoms with E-state index in [4.69, 9.17) is 0 Å². The van der Waals surface area contributed by atoms with Gasteiger partial charge in [0.05, 0.1) is 0 Å². The van der Waals surface area contributed by atoms with Crippen LogP contribution < -0.4 is 0 Å². The summed E-state index contributed by atoms with van der Waals surface area (Å²) in [5.74, 6) is 0.167. The first-order valence-electron chi connectivity index (χ1n) is 4.25. The third-order valence-corrected chi connectivity index (χ3v) is 1.44. The van der Waals surface area contributed by atoms with Gasteiger partial charge in [-0.3, -0.25) is 0 Å². The molecule has 1 aliphatic carbocycles. The number of rotatable bonds is 0. The summed E-state index contributed by atoms with van der Waals surface area (Å²) >= 11 is 0. The summed E-state index contributed by atoms with van der Waals surface area (Å²) < 4.78 is 0. The van der Waals surface area contributed by atoms with Crippen LogP contribution in [0.25, 0.3) is 0 Å². The lowest BCUT2D eigenvalue weighted by Gasteiger charge is -2.19. The van der Waals surface area contributed by atoms with E-state index in [0.717, 1.165) is 0 Å². The van der Waals surface area contributed by atoms with Gasteiger partial charge in [-0.15, -0.1) is 0 Å². The van der Waals surface area contributed by atoms with E-state index in [1.807, 2.05) is 0 Å². The summed E-state index contributed by atoms with van der Waals surface area (Å²) in [4.78, 5) is 9.44. The molecule has 0 unspecified atom stereocenters. The monoisotopic (exact) mass is 166 g/mol. The zero-order valence-corrected chi connectivity index (χ0v) is 8.42. The molecule has 0 amide bonds. The average Bonchev–Trinajstić information content (AvgIpc) is 1.85. The predicted octanol–water partition coefficient (Wildman–Crippen LogP) is 3.12. The van der Waals surface area contributed by atoms with Gasteiger partial charge >= 0.3 is 0 Å². The van der Waals surface area contributed by atoms with Crippen molar-refractivity contribution in [3.8, 4) is 0 Å². The summed E-state index contributed by atoms with van der Waals surface area (Å²) in [6, 6.07) is 0. The molecule has 1 heteroatoms. The zero-order valence-electron chi connectivity index (χ0n) is 8.42. The topological polar surface area (TPSA) is 17.1 Å². The number of hydrogen-bond acceptors (Lipinski definition) is 1. The van der Waals surface area contributed by atoms with Crippen LogP contribution in [0.2, 0.25) is 0 Å². The van der Waals surface area contributed by atoms with E-state index in [1.165, 1.54) is 20.3 Å². The van der Waals surface area contributed by atoms with Gasteiger partial charge in [0, 0.05) is 0 Å². The standard InChI is InChI=1S/C8H12.C3H6O/c1-8(2)6-4-3-5-7-8;1-3(2)4/h3-6H,7H2,1-2H3;1-2H3. The molecule has 0 atom stereocenters. The number of carbonyl (C=O) groups excluding carboxylic acids is 1. The minimum atomic E-state index is 0.167. The molecule has 12 heavy (non-hydrogen) atoms. The third kappa shape index (κ3) is 7.26. The Morgan fingerprint density at radius 1 is 1.25 bits per heavy atom. The first kappa shape index (κ1) is 11.2. The summed E-state index contributed by atoms with van der Waals surface area (Å²) in [5, 5.41) is 0. The van der Waals surface area contributed by atoms with E-state index in [-0.39, 0.29) is 5.78 Å². The van der Waals surface area contributed by atoms with Gasteiger partial charge in [0.1, 0.15) is 5.78 Å². The number of carbonyl (C=O) groups is 1. The van der Waals surface area contributed by atoms with Crippen molar-refractivity contribution in [2.75, 3.05) is 0 Å². The average molecular weight is 166 g/mol. The molecule has 1 nitrogen and oxygen atoms in total. The zero-order chi connectivity index (χ0) is 9.61. The van der Waals surface area contributed by atoms with Crippen molar-refractivity contribution in [1.29, 1.82) is 0 Å². The highest BCUT2D eigenvalue weighted by Crippen LogP contribution is 2.24. The summed E-state index contributed by atoms with van der Waals surface area (Å²) in [6.07, 6.45) is 9.85. The molecular formula is C11H18O. The van der Waals surface area contributed by atoms with Crippen LogP contribution in [-0.4, -0.2) is 5.78 Å². The lowest BCUT2D eigenvalue weighted by atomic mass is 9.86. The molecule has 0 heterocycles. The minimum Gasteiger partial charge on any atom is -0.300 e. The Balaban J connectivity index is 0.000000261. The Kier molecular flexibility index (Phi) is 4.57. The van der Waals surface area contributed by atoms with Crippen LogP contribution in [0.3, 0.4) is 0 Å². The van der Waals surface area contributed by atoms with Crippen molar-refractivity contribution in [3.05, 3.63) is 24.3 Å². The molecule has 0 saturated carbocycles. The van der Waals surface area contributed by atoms with Crippen LogP contribution in [-0.2, 0) is 4.79 Å². The van der Waals surface area contributed by atoms with Gasteiger partial charge < -0.3 is 4.79 Å². The molecule has 0 spiro atoms. The van der Waals surface area contributed by atoms with E-state index in [1.54, 1.807) is 0 Å². The fourth-order valence-corrected chi connectivity index (χ4v) is 0.834. The molecule has 0 aromatic heterocycles. The maximum Gasteiger partial charge on any atom is 0.126 e. The first-order valence-corrected chi connectivity index (χ1v) is 4.25. The number of hydrogen-bond donors (Lipinski definition) is 0. The fraction of sp³-hybridized carbons (Fsp3) is 0.545. The predicted molar refractivity (Wildman–Crippen MR) is 53.0 cm³/mol. The van der Waals surface area contributed by atoms with Gasteiger partial charge in [-0.05, 0) is 25.7 Å². The molecule has 0 saturated heterocycles. The molecule has 1 aliphatic rings. The fourth-order valence-electron chi connectivity index (χ4n) is 0.834. The van der Waals surface area contributed by atoms with Crippen molar-refractivity contribution in [2.24, 2.45) is 5.41 Å². The third-order valence-electron chi connectivity index (χ3n) is 1.44. The SMILES string of the molecule is CC(C)=O.CC1(C)C=CC=CC1. The van der Waals surface area contributed by atoms with E-state index in [0.29, 0.717) is 5.41 Å². The molecule has 0 aliphatic heterocycles. The van der Waals surface area contributed by atoms with E-state index in [2.05, 4.69) is 38.2 Å². The second-order valence-electron chi connectivity index (χ2n) is 3.89. The molecular weight excluding hydrogens is 148 g/mol. The molecule has 0 bridgehead atoms. The molecule has 0 aromatic carbocycles. The summed E-state index contributed by atoms with van der Waals surface area (Å²) in [7, 11) is 0. The number of allylic oxidation sites excluding steroid dienone is 4. The second kappa shape index (κ2) is 4.91. The smallest absolute Gasteiger partial charge is 0.126 e. The van der Waals surface area contributed by atoms with Crippen LogP contribution in [0.5, 0.6) is 0 Å². The Labute approximate surface area is 75.2 Å². The largest absolute Gasteiger partial charge is 0.300 e. The van der Waals surface area contributed by atoms with E-state index >= 15 is 0 Å². The van der Waals surface area contributed by atoms with Crippen LogP contribution in [0.15, 0.2) is 24.3 Å². The van der Waals surface area contributed by atoms with Crippen LogP contribution >= 0.6 is 0 Å². The van der Waals surface area contributed by atoms with Gasteiger partial charge in [0.2, 0.25) is 0 Å². The van der Waals surface area contributed by atoms with Gasteiger partial charge in [-0.2, -0.15) is 0 Å². The Hall–Kier alpha value is -0.850. The lowest BCUT2D eigenvalue weighted by Crippen LogP contribution is -2.06. The van der Waals surface area contributed by atoms with Crippen molar-refractivity contribution in [1.82, 2.24) is 0 Å².